The minimum absolute atomic E-state index is 0.0660. The lowest BCUT2D eigenvalue weighted by Gasteiger charge is -2.40. The number of ketones is 1. The average Bonchev–Trinajstić information content (AvgIpc) is 3.23. The third kappa shape index (κ3) is 7.51. The van der Waals surface area contributed by atoms with Crippen molar-refractivity contribution in [3.8, 4) is 0 Å². The van der Waals surface area contributed by atoms with Crippen molar-refractivity contribution >= 4 is 35.5 Å². The van der Waals surface area contributed by atoms with E-state index in [1.54, 1.807) is 20.8 Å². The van der Waals surface area contributed by atoms with E-state index in [1.165, 1.54) is 4.90 Å². The van der Waals surface area contributed by atoms with Crippen molar-refractivity contribution in [3.05, 3.63) is 0 Å². The number of nitrogens with two attached hydrogens (primary N) is 1. The first-order valence-corrected chi connectivity index (χ1v) is 16.9. The van der Waals surface area contributed by atoms with Crippen LogP contribution in [0.25, 0.3) is 0 Å². The second-order valence-electron chi connectivity index (χ2n) is 16.8. The molecule has 5 amide bonds. The largest absolute Gasteiger partial charge is 0.458 e. The molecule has 3 aliphatic carbocycles. The van der Waals surface area contributed by atoms with E-state index in [2.05, 4.69) is 29.8 Å². The van der Waals surface area contributed by atoms with Gasteiger partial charge in [0, 0.05) is 6.54 Å². The first kappa shape index (κ1) is 35.7. The third-order valence-corrected chi connectivity index (χ3v) is 10.7. The summed E-state index contributed by atoms with van der Waals surface area (Å²) in [6.07, 6.45) is 6.52. The van der Waals surface area contributed by atoms with Gasteiger partial charge < -0.3 is 31.3 Å². The Labute approximate surface area is 273 Å². The summed E-state index contributed by atoms with van der Waals surface area (Å²) in [7, 11) is 0. The number of fused-ring (bicyclic) bond motifs is 1. The SMILES string of the molecule is CC(C)(C)OC(=O)C1(NC(=O)N[C@H](C(=O)N2C[C@H]3[C@@H]([C@H]2C(=O)NC(CC2CCC2)C(=O)C(N)=O)C3(C)C)C(C)(C)C)CCCCC1. The van der Waals surface area contributed by atoms with Crippen LogP contribution >= 0.6 is 0 Å². The maximum atomic E-state index is 14.3. The van der Waals surface area contributed by atoms with Crippen LogP contribution in [-0.2, 0) is 28.7 Å². The number of likely N-dealkylation sites (tertiary alicyclic amines) is 1. The molecule has 0 aromatic carbocycles. The second-order valence-corrected chi connectivity index (χ2v) is 16.8. The zero-order valence-corrected chi connectivity index (χ0v) is 28.9. The molecule has 5 atom stereocenters. The number of nitrogens with one attached hydrogen (secondary N) is 3. The molecular weight excluding hydrogens is 590 g/mol. The van der Waals surface area contributed by atoms with E-state index in [9.17, 15) is 28.8 Å². The van der Waals surface area contributed by atoms with Gasteiger partial charge in [0.25, 0.3) is 5.91 Å². The van der Waals surface area contributed by atoms with E-state index in [-0.39, 0.29) is 23.2 Å². The Morgan fingerprint density at radius 3 is 2.02 bits per heavy atom. The number of rotatable bonds is 10. The molecule has 0 bridgehead atoms. The van der Waals surface area contributed by atoms with E-state index < -0.39 is 70.2 Å². The molecule has 0 radical (unpaired) electrons. The fourth-order valence-corrected chi connectivity index (χ4v) is 7.65. The van der Waals surface area contributed by atoms with Gasteiger partial charge in [-0.2, -0.15) is 0 Å². The van der Waals surface area contributed by atoms with Crippen LogP contribution in [-0.4, -0.2) is 76.2 Å². The van der Waals surface area contributed by atoms with Crippen LogP contribution in [0.15, 0.2) is 0 Å². The van der Waals surface area contributed by atoms with Gasteiger partial charge in [0.05, 0.1) is 6.04 Å². The quantitative estimate of drug-likeness (QED) is 0.208. The van der Waals surface area contributed by atoms with E-state index in [4.69, 9.17) is 10.5 Å². The molecule has 1 aliphatic heterocycles. The summed E-state index contributed by atoms with van der Waals surface area (Å²) in [4.78, 5) is 81.3. The monoisotopic (exact) mass is 645 g/mol. The summed E-state index contributed by atoms with van der Waals surface area (Å²) < 4.78 is 5.70. The molecule has 1 unspecified atom stereocenters. The topological polar surface area (TPSA) is 177 Å². The molecule has 4 rings (SSSR count). The molecule has 0 aromatic rings. The number of amides is 5. The van der Waals surface area contributed by atoms with Crippen molar-refractivity contribution in [1.82, 2.24) is 20.9 Å². The van der Waals surface area contributed by atoms with Gasteiger partial charge in [0.15, 0.2) is 0 Å². The van der Waals surface area contributed by atoms with Gasteiger partial charge in [-0.25, -0.2) is 9.59 Å². The summed E-state index contributed by atoms with van der Waals surface area (Å²) in [5, 5.41) is 8.54. The number of piperidine rings is 1. The number of carbonyl (C=O) groups is 6. The number of hydrogen-bond acceptors (Lipinski definition) is 7. The molecule has 12 heteroatoms. The highest BCUT2D eigenvalue weighted by molar-refractivity contribution is 6.37. The summed E-state index contributed by atoms with van der Waals surface area (Å²) >= 11 is 0. The predicted molar refractivity (Wildman–Crippen MR) is 171 cm³/mol. The summed E-state index contributed by atoms with van der Waals surface area (Å²) in [5.41, 5.74) is 2.45. The zero-order valence-electron chi connectivity index (χ0n) is 28.9. The Balaban J connectivity index is 1.54. The number of urea groups is 1. The second kappa shape index (κ2) is 12.8. The van der Waals surface area contributed by atoms with Crippen LogP contribution < -0.4 is 21.7 Å². The van der Waals surface area contributed by atoms with Crippen LogP contribution in [0.5, 0.6) is 0 Å². The standard InChI is InChI=1S/C34H55N5O7/c1-31(2,3)25(37-30(45)38-34(15-10-9-11-16-34)29(44)46-32(4,5)6)28(43)39-18-20-22(33(20,7)8)23(39)27(42)36-21(24(40)26(35)41)17-19-13-12-14-19/h19-23,25H,9-18H2,1-8H3,(H2,35,41)(H,36,42)(H2,37,38,45)/t20-,21?,22-,23-,25+/m0/s1. The third-order valence-electron chi connectivity index (χ3n) is 10.7. The number of nitrogens with zero attached hydrogens (tertiary/aromatic N) is 1. The number of carbonyl (C=O) groups excluding carboxylic acids is 6. The molecule has 1 saturated heterocycles. The molecule has 12 nitrogen and oxygen atoms in total. The number of primary amides is 1. The molecule has 0 spiro atoms. The lowest BCUT2D eigenvalue weighted by atomic mass is 9.80. The van der Waals surface area contributed by atoms with Crippen molar-refractivity contribution in [3.63, 3.8) is 0 Å². The van der Waals surface area contributed by atoms with Gasteiger partial charge in [0.1, 0.15) is 23.2 Å². The van der Waals surface area contributed by atoms with Crippen LogP contribution in [0, 0.1) is 28.6 Å². The molecule has 258 valence electrons. The minimum Gasteiger partial charge on any atom is -0.458 e. The number of ether oxygens (including phenoxy) is 1. The lowest BCUT2D eigenvalue weighted by molar-refractivity contribution is -0.164. The number of Topliss-reactive ketones (excluding diaryl/α,β-unsaturated/α-hetero) is 1. The molecule has 46 heavy (non-hydrogen) atoms. The highest BCUT2D eigenvalue weighted by Crippen LogP contribution is 2.65. The Morgan fingerprint density at radius 2 is 1.52 bits per heavy atom. The van der Waals surface area contributed by atoms with Crippen LogP contribution in [0.3, 0.4) is 0 Å². The maximum absolute atomic E-state index is 14.3. The highest BCUT2D eigenvalue weighted by Gasteiger charge is 2.70. The number of esters is 1. The zero-order chi connectivity index (χ0) is 34.4. The van der Waals surface area contributed by atoms with Crippen molar-refractivity contribution < 1.29 is 33.5 Å². The molecule has 5 N–H and O–H groups in total. The predicted octanol–water partition coefficient (Wildman–Crippen LogP) is 2.96. The van der Waals surface area contributed by atoms with Crippen molar-refractivity contribution in [2.24, 2.45) is 34.3 Å². The van der Waals surface area contributed by atoms with Gasteiger partial charge in [-0.15, -0.1) is 0 Å². The van der Waals surface area contributed by atoms with Crippen LogP contribution in [0.1, 0.15) is 113 Å². The van der Waals surface area contributed by atoms with Crippen LogP contribution in [0.2, 0.25) is 0 Å². The smallest absolute Gasteiger partial charge is 0.332 e. The normalized spacial score (nSPS) is 26.4. The van der Waals surface area contributed by atoms with Crippen molar-refractivity contribution in [2.75, 3.05) is 6.54 Å². The first-order chi connectivity index (χ1) is 21.2. The first-order valence-electron chi connectivity index (χ1n) is 16.9. The van der Waals surface area contributed by atoms with E-state index >= 15 is 0 Å². The highest BCUT2D eigenvalue weighted by atomic mass is 16.6. The van der Waals surface area contributed by atoms with E-state index in [1.807, 2.05) is 20.8 Å². The minimum atomic E-state index is -1.20. The molecular formula is C34H55N5O7. The Hall–Kier alpha value is -3.18. The number of hydrogen-bond donors (Lipinski definition) is 4. The van der Waals surface area contributed by atoms with Gasteiger partial charge in [0.2, 0.25) is 17.6 Å². The van der Waals surface area contributed by atoms with Gasteiger partial charge >= 0.3 is 12.0 Å². The maximum Gasteiger partial charge on any atom is 0.332 e. The van der Waals surface area contributed by atoms with E-state index in [0.717, 1.165) is 38.5 Å². The van der Waals surface area contributed by atoms with E-state index in [0.29, 0.717) is 25.8 Å². The van der Waals surface area contributed by atoms with Crippen molar-refractivity contribution in [2.45, 2.75) is 142 Å². The van der Waals surface area contributed by atoms with Gasteiger partial charge in [-0.3, -0.25) is 19.2 Å². The van der Waals surface area contributed by atoms with Crippen LogP contribution in [0.4, 0.5) is 4.79 Å². The van der Waals surface area contributed by atoms with Crippen molar-refractivity contribution in [1.29, 1.82) is 0 Å². The summed E-state index contributed by atoms with van der Waals surface area (Å²) in [6.45, 7) is 15.3. The lowest BCUT2D eigenvalue weighted by Crippen LogP contribution is -2.64. The van der Waals surface area contributed by atoms with Gasteiger partial charge in [-0.1, -0.05) is 73.1 Å². The average molecular weight is 646 g/mol. The molecule has 0 aromatic heterocycles. The Morgan fingerprint density at radius 1 is 0.913 bits per heavy atom. The summed E-state index contributed by atoms with van der Waals surface area (Å²) in [6, 6.07) is -3.60. The fourth-order valence-electron chi connectivity index (χ4n) is 7.65. The Kier molecular flexibility index (Phi) is 9.92. The summed E-state index contributed by atoms with van der Waals surface area (Å²) in [5.74, 6) is -3.19. The fraction of sp³-hybridized carbons (Fsp3) is 0.824. The molecule has 3 saturated carbocycles. The van der Waals surface area contributed by atoms with Gasteiger partial charge in [-0.05, 0) is 68.6 Å². The molecule has 1 heterocycles. The molecule has 4 fully saturated rings. The molecule has 4 aliphatic rings. The Bertz CT molecular complexity index is 1240.